The summed E-state index contributed by atoms with van der Waals surface area (Å²) in [5, 5.41) is 0.983. The Morgan fingerprint density at radius 3 is 2.77 bits per heavy atom. The first-order valence-corrected chi connectivity index (χ1v) is 9.09. The van der Waals surface area contributed by atoms with E-state index in [1.54, 1.807) is 17.0 Å². The van der Waals surface area contributed by atoms with Crippen molar-refractivity contribution in [3.05, 3.63) is 69.9 Å². The average Bonchev–Trinajstić information content (AvgIpc) is 3.34. The standard InChI is InChI=1S/C21H22N2O3/c1-14-6-4-7-15-12-16(20(24)22-19(14)15)13-23(17-8-2-3-9-17)21(25)18-10-5-11-26-18/h4-7,10-12,17H,2-3,8-9,13H2,1H3,(H,22,24). The Morgan fingerprint density at radius 2 is 2.04 bits per heavy atom. The number of rotatable bonds is 4. The maximum absolute atomic E-state index is 12.9. The Balaban J connectivity index is 1.71. The molecule has 1 amide bonds. The predicted molar refractivity (Wildman–Crippen MR) is 100 cm³/mol. The molecule has 134 valence electrons. The number of carbonyl (C=O) groups excluding carboxylic acids is 1. The van der Waals surface area contributed by atoms with Crippen LogP contribution in [0.3, 0.4) is 0 Å². The molecule has 1 aliphatic carbocycles. The number of hydrogen-bond donors (Lipinski definition) is 1. The predicted octanol–water partition coefficient (Wildman–Crippen LogP) is 4.01. The SMILES string of the molecule is Cc1cccc2cc(CN(C(=O)c3ccco3)C3CCCC3)c(=O)[nH]c12. The van der Waals surface area contributed by atoms with Gasteiger partial charge in [0.2, 0.25) is 0 Å². The van der Waals surface area contributed by atoms with Gasteiger partial charge in [-0.2, -0.15) is 0 Å². The minimum absolute atomic E-state index is 0.137. The Labute approximate surface area is 151 Å². The molecule has 0 radical (unpaired) electrons. The van der Waals surface area contributed by atoms with Gasteiger partial charge in [-0.3, -0.25) is 9.59 Å². The van der Waals surface area contributed by atoms with E-state index in [-0.39, 0.29) is 17.5 Å². The summed E-state index contributed by atoms with van der Waals surface area (Å²) in [6.45, 7) is 2.27. The van der Waals surface area contributed by atoms with E-state index in [9.17, 15) is 9.59 Å². The van der Waals surface area contributed by atoms with E-state index >= 15 is 0 Å². The summed E-state index contributed by atoms with van der Waals surface area (Å²) in [6.07, 6.45) is 5.67. The van der Waals surface area contributed by atoms with Crippen LogP contribution in [0, 0.1) is 6.92 Å². The number of benzene rings is 1. The van der Waals surface area contributed by atoms with Gasteiger partial charge in [0, 0.05) is 11.6 Å². The third-order valence-corrected chi connectivity index (χ3v) is 5.26. The van der Waals surface area contributed by atoms with E-state index < -0.39 is 0 Å². The van der Waals surface area contributed by atoms with Crippen molar-refractivity contribution in [2.24, 2.45) is 0 Å². The number of carbonyl (C=O) groups is 1. The number of fused-ring (bicyclic) bond motifs is 1. The fourth-order valence-corrected chi connectivity index (χ4v) is 3.85. The number of nitrogens with zero attached hydrogens (tertiary/aromatic N) is 1. The molecule has 0 aliphatic heterocycles. The van der Waals surface area contributed by atoms with Crippen molar-refractivity contribution in [1.82, 2.24) is 9.88 Å². The lowest BCUT2D eigenvalue weighted by Gasteiger charge is -2.28. The van der Waals surface area contributed by atoms with Gasteiger partial charge in [-0.25, -0.2) is 0 Å². The van der Waals surface area contributed by atoms with Crippen LogP contribution in [-0.4, -0.2) is 21.8 Å². The van der Waals surface area contributed by atoms with Crippen LogP contribution in [-0.2, 0) is 6.54 Å². The number of aryl methyl sites for hydroxylation is 1. The van der Waals surface area contributed by atoms with Crippen LogP contribution in [0.4, 0.5) is 0 Å². The summed E-state index contributed by atoms with van der Waals surface area (Å²) in [7, 11) is 0. The van der Waals surface area contributed by atoms with E-state index in [4.69, 9.17) is 4.42 Å². The van der Waals surface area contributed by atoms with Crippen LogP contribution in [0.15, 0.2) is 51.9 Å². The van der Waals surface area contributed by atoms with Crippen LogP contribution in [0.5, 0.6) is 0 Å². The number of H-pyrrole nitrogens is 1. The summed E-state index contributed by atoms with van der Waals surface area (Å²) in [5.74, 6) is 0.176. The minimum atomic E-state index is -0.148. The second-order valence-electron chi connectivity index (χ2n) is 7.01. The molecule has 0 bridgehead atoms. The number of aromatic amines is 1. The van der Waals surface area contributed by atoms with Gasteiger partial charge in [-0.15, -0.1) is 0 Å². The normalized spacial score (nSPS) is 14.8. The van der Waals surface area contributed by atoms with Crippen LogP contribution < -0.4 is 5.56 Å². The molecule has 3 aromatic rings. The summed E-state index contributed by atoms with van der Waals surface area (Å²) in [5.41, 5.74) is 2.36. The van der Waals surface area contributed by atoms with Gasteiger partial charge < -0.3 is 14.3 Å². The first-order valence-electron chi connectivity index (χ1n) is 9.09. The van der Waals surface area contributed by atoms with Crippen molar-refractivity contribution in [1.29, 1.82) is 0 Å². The number of nitrogens with one attached hydrogen (secondary N) is 1. The maximum atomic E-state index is 12.9. The largest absolute Gasteiger partial charge is 0.459 e. The Morgan fingerprint density at radius 1 is 1.23 bits per heavy atom. The average molecular weight is 350 g/mol. The molecule has 2 aromatic heterocycles. The summed E-state index contributed by atoms with van der Waals surface area (Å²) in [4.78, 5) is 30.4. The number of amides is 1. The zero-order valence-electron chi connectivity index (χ0n) is 14.8. The highest BCUT2D eigenvalue weighted by Crippen LogP contribution is 2.27. The molecule has 1 saturated carbocycles. The minimum Gasteiger partial charge on any atom is -0.459 e. The van der Waals surface area contributed by atoms with Crippen LogP contribution in [0.1, 0.15) is 47.4 Å². The molecule has 5 heteroatoms. The van der Waals surface area contributed by atoms with E-state index in [1.165, 1.54) is 6.26 Å². The molecule has 0 spiro atoms. The Kier molecular flexibility index (Phi) is 4.37. The first-order chi connectivity index (χ1) is 12.6. The number of pyridine rings is 1. The zero-order valence-corrected chi connectivity index (χ0v) is 14.8. The lowest BCUT2D eigenvalue weighted by Crippen LogP contribution is -2.39. The topological polar surface area (TPSA) is 66.3 Å². The van der Waals surface area contributed by atoms with Crippen molar-refractivity contribution >= 4 is 16.8 Å². The second-order valence-corrected chi connectivity index (χ2v) is 7.01. The number of furan rings is 1. The summed E-state index contributed by atoms with van der Waals surface area (Å²) < 4.78 is 5.31. The fraction of sp³-hybridized carbons (Fsp3) is 0.333. The monoisotopic (exact) mass is 350 g/mol. The molecule has 1 fully saturated rings. The highest BCUT2D eigenvalue weighted by molar-refractivity contribution is 5.91. The molecule has 1 aliphatic rings. The molecule has 1 aromatic carbocycles. The highest BCUT2D eigenvalue weighted by Gasteiger charge is 2.29. The van der Waals surface area contributed by atoms with Crippen LogP contribution in [0.25, 0.3) is 10.9 Å². The Bertz CT molecular complexity index is 982. The van der Waals surface area contributed by atoms with Gasteiger partial charge in [0.1, 0.15) is 0 Å². The molecular formula is C21H22N2O3. The van der Waals surface area contributed by atoms with Crippen molar-refractivity contribution < 1.29 is 9.21 Å². The van der Waals surface area contributed by atoms with E-state index in [0.717, 1.165) is 42.1 Å². The number of hydrogen-bond acceptors (Lipinski definition) is 3. The zero-order chi connectivity index (χ0) is 18.1. The third-order valence-electron chi connectivity index (χ3n) is 5.26. The molecule has 0 unspecified atom stereocenters. The maximum Gasteiger partial charge on any atom is 0.290 e. The lowest BCUT2D eigenvalue weighted by molar-refractivity contribution is 0.0631. The molecule has 0 saturated heterocycles. The summed E-state index contributed by atoms with van der Waals surface area (Å²) in [6, 6.07) is 11.4. The fourth-order valence-electron chi connectivity index (χ4n) is 3.85. The smallest absolute Gasteiger partial charge is 0.290 e. The third kappa shape index (κ3) is 3.05. The molecule has 5 nitrogen and oxygen atoms in total. The number of aromatic nitrogens is 1. The van der Waals surface area contributed by atoms with E-state index in [1.807, 2.05) is 31.2 Å². The number of para-hydroxylation sites is 1. The van der Waals surface area contributed by atoms with Crippen LogP contribution >= 0.6 is 0 Å². The van der Waals surface area contributed by atoms with Crippen LogP contribution in [0.2, 0.25) is 0 Å². The van der Waals surface area contributed by atoms with Gasteiger partial charge in [-0.05, 0) is 48.9 Å². The molecule has 0 atom stereocenters. The lowest BCUT2D eigenvalue weighted by atomic mass is 10.1. The highest BCUT2D eigenvalue weighted by atomic mass is 16.3. The van der Waals surface area contributed by atoms with Gasteiger partial charge in [0.15, 0.2) is 5.76 Å². The van der Waals surface area contributed by atoms with Crippen molar-refractivity contribution in [2.75, 3.05) is 0 Å². The van der Waals surface area contributed by atoms with Crippen molar-refractivity contribution in [3.8, 4) is 0 Å². The Hall–Kier alpha value is -2.82. The van der Waals surface area contributed by atoms with Crippen molar-refractivity contribution in [3.63, 3.8) is 0 Å². The molecule has 26 heavy (non-hydrogen) atoms. The second kappa shape index (κ2) is 6.83. The molecular weight excluding hydrogens is 328 g/mol. The molecule has 4 rings (SSSR count). The quantitative estimate of drug-likeness (QED) is 0.773. The van der Waals surface area contributed by atoms with Gasteiger partial charge in [-0.1, -0.05) is 31.0 Å². The van der Waals surface area contributed by atoms with Gasteiger partial charge in [0.05, 0.1) is 18.3 Å². The van der Waals surface area contributed by atoms with E-state index in [0.29, 0.717) is 17.9 Å². The molecule has 1 N–H and O–H groups in total. The van der Waals surface area contributed by atoms with E-state index in [2.05, 4.69) is 4.98 Å². The molecule has 2 heterocycles. The first kappa shape index (κ1) is 16.6. The summed E-state index contributed by atoms with van der Waals surface area (Å²) >= 11 is 0. The van der Waals surface area contributed by atoms with Crippen molar-refractivity contribution in [2.45, 2.75) is 45.2 Å². The van der Waals surface area contributed by atoms with Gasteiger partial charge in [0.25, 0.3) is 11.5 Å². The van der Waals surface area contributed by atoms with Gasteiger partial charge >= 0.3 is 0 Å².